The fourth-order valence-corrected chi connectivity index (χ4v) is 9.28. The number of rotatable bonds is 10. The molecular formula is C27H40O7. The fourth-order valence-electron chi connectivity index (χ4n) is 9.28. The molecule has 0 spiro atoms. The standard InChI is InChI=1S/C27H40O7/c1-17(5-4-10-28)20-6-7-21-25-22(13-24(34-16-31)27(20,21)3)26(2)9-8-19(32-14-29)11-18(26)12-23(25)33-15-30/h10,14-25H,4-9,11-13H2,1-3H3/t17-,18?,19?,20-,21+,22+,23?,24?,25+,26+,27-/m1/s1. The Morgan fingerprint density at radius 1 is 0.882 bits per heavy atom. The van der Waals surface area contributed by atoms with Crippen LogP contribution in [0.1, 0.15) is 78.6 Å². The maximum absolute atomic E-state index is 11.7. The Labute approximate surface area is 202 Å². The van der Waals surface area contributed by atoms with E-state index in [9.17, 15) is 19.2 Å². The molecule has 11 atom stereocenters. The molecule has 0 amide bonds. The van der Waals surface area contributed by atoms with Gasteiger partial charge in [-0.05, 0) is 86.4 Å². The monoisotopic (exact) mass is 476 g/mol. The van der Waals surface area contributed by atoms with E-state index >= 15 is 0 Å². The second-order valence-electron chi connectivity index (χ2n) is 11.9. The smallest absolute Gasteiger partial charge is 0.293 e. The Bertz CT molecular complexity index is 770. The molecule has 0 heterocycles. The molecule has 4 unspecified atom stereocenters. The Hall–Kier alpha value is -1.92. The first-order valence-corrected chi connectivity index (χ1v) is 13.1. The first kappa shape index (κ1) is 25.2. The van der Waals surface area contributed by atoms with Crippen molar-refractivity contribution in [3.63, 3.8) is 0 Å². The Balaban J connectivity index is 1.70. The van der Waals surface area contributed by atoms with Gasteiger partial charge < -0.3 is 19.0 Å². The minimum absolute atomic E-state index is 0.0171. The molecule has 0 bridgehead atoms. The van der Waals surface area contributed by atoms with Gasteiger partial charge in [0.1, 0.15) is 24.6 Å². The fraction of sp³-hybridized carbons (Fsp3) is 0.852. The zero-order valence-corrected chi connectivity index (χ0v) is 20.7. The minimum atomic E-state index is -0.212. The van der Waals surface area contributed by atoms with Crippen molar-refractivity contribution in [2.24, 2.45) is 46.3 Å². The van der Waals surface area contributed by atoms with Gasteiger partial charge >= 0.3 is 0 Å². The van der Waals surface area contributed by atoms with Gasteiger partial charge in [-0.2, -0.15) is 0 Å². The summed E-state index contributed by atoms with van der Waals surface area (Å²) in [7, 11) is 0. The van der Waals surface area contributed by atoms with Crippen molar-refractivity contribution in [3.8, 4) is 0 Å². The molecule has 0 N–H and O–H groups in total. The van der Waals surface area contributed by atoms with Crippen LogP contribution in [0.3, 0.4) is 0 Å². The average Bonchev–Trinajstić information content (AvgIpc) is 3.17. The molecule has 7 heteroatoms. The summed E-state index contributed by atoms with van der Waals surface area (Å²) >= 11 is 0. The van der Waals surface area contributed by atoms with Crippen LogP contribution >= 0.6 is 0 Å². The van der Waals surface area contributed by atoms with Crippen molar-refractivity contribution in [1.29, 1.82) is 0 Å². The molecule has 34 heavy (non-hydrogen) atoms. The topological polar surface area (TPSA) is 96.0 Å². The first-order valence-electron chi connectivity index (χ1n) is 13.1. The maximum atomic E-state index is 11.7. The van der Waals surface area contributed by atoms with Crippen molar-refractivity contribution in [2.45, 2.75) is 96.9 Å². The van der Waals surface area contributed by atoms with Crippen molar-refractivity contribution in [2.75, 3.05) is 0 Å². The zero-order valence-electron chi connectivity index (χ0n) is 20.7. The van der Waals surface area contributed by atoms with E-state index in [-0.39, 0.29) is 52.8 Å². The minimum Gasteiger partial charge on any atom is -0.465 e. The van der Waals surface area contributed by atoms with E-state index in [0.717, 1.165) is 57.7 Å². The van der Waals surface area contributed by atoms with Crippen molar-refractivity contribution in [3.05, 3.63) is 0 Å². The summed E-state index contributed by atoms with van der Waals surface area (Å²) in [5.74, 6) is 1.74. The summed E-state index contributed by atoms with van der Waals surface area (Å²) in [4.78, 5) is 45.3. The van der Waals surface area contributed by atoms with E-state index in [2.05, 4.69) is 20.8 Å². The highest BCUT2D eigenvalue weighted by Crippen LogP contribution is 2.69. The second kappa shape index (κ2) is 9.98. The average molecular weight is 477 g/mol. The molecule has 0 radical (unpaired) electrons. The van der Waals surface area contributed by atoms with Crippen LogP contribution in [-0.2, 0) is 33.4 Å². The second-order valence-corrected chi connectivity index (χ2v) is 11.9. The van der Waals surface area contributed by atoms with Gasteiger partial charge in [0.2, 0.25) is 0 Å². The molecule has 7 nitrogen and oxygen atoms in total. The molecule has 0 saturated heterocycles. The molecule has 0 aromatic carbocycles. The van der Waals surface area contributed by atoms with E-state index in [1.54, 1.807) is 0 Å². The number of carbonyl (C=O) groups is 4. The summed E-state index contributed by atoms with van der Waals surface area (Å²) < 4.78 is 17.0. The lowest BCUT2D eigenvalue weighted by Gasteiger charge is -2.64. The van der Waals surface area contributed by atoms with E-state index < -0.39 is 0 Å². The predicted molar refractivity (Wildman–Crippen MR) is 123 cm³/mol. The van der Waals surface area contributed by atoms with E-state index in [4.69, 9.17) is 14.2 Å². The van der Waals surface area contributed by atoms with Crippen molar-refractivity contribution >= 4 is 25.7 Å². The van der Waals surface area contributed by atoms with Crippen LogP contribution in [0.4, 0.5) is 0 Å². The van der Waals surface area contributed by atoms with Crippen LogP contribution in [0.15, 0.2) is 0 Å². The number of hydrogen-bond donors (Lipinski definition) is 0. The van der Waals surface area contributed by atoms with Crippen LogP contribution in [0, 0.1) is 46.3 Å². The van der Waals surface area contributed by atoms with E-state index in [1.807, 2.05) is 0 Å². The molecular weight excluding hydrogens is 436 g/mol. The van der Waals surface area contributed by atoms with E-state index in [0.29, 0.717) is 37.7 Å². The van der Waals surface area contributed by atoms with Gasteiger partial charge in [0.05, 0.1) is 0 Å². The molecule has 4 rings (SSSR count). The maximum Gasteiger partial charge on any atom is 0.293 e. The molecule has 4 saturated carbocycles. The number of carbonyl (C=O) groups excluding carboxylic acids is 4. The first-order chi connectivity index (χ1) is 16.3. The highest BCUT2D eigenvalue weighted by Gasteiger charge is 2.67. The molecule has 4 aliphatic rings. The molecule has 0 aliphatic heterocycles. The predicted octanol–water partition coefficient (Wildman–Crippen LogP) is 4.11. The van der Waals surface area contributed by atoms with Crippen LogP contribution in [0.25, 0.3) is 0 Å². The van der Waals surface area contributed by atoms with Gasteiger partial charge in [-0.15, -0.1) is 0 Å². The van der Waals surface area contributed by atoms with Gasteiger partial charge in [0.25, 0.3) is 19.4 Å². The van der Waals surface area contributed by atoms with Gasteiger partial charge in [0, 0.05) is 17.8 Å². The molecule has 0 aromatic heterocycles. The van der Waals surface area contributed by atoms with Crippen LogP contribution in [0.2, 0.25) is 0 Å². The SMILES string of the molecule is C[C@H](CCC=O)[C@H]1CC[C@H]2[C@@H]3C(OC=O)CC4CC(OC=O)CC[C@]4(C)[C@H]3CC(OC=O)[C@]12C. The number of hydrogen-bond acceptors (Lipinski definition) is 7. The third-order valence-corrected chi connectivity index (χ3v) is 10.9. The highest BCUT2D eigenvalue weighted by molar-refractivity contribution is 5.49. The molecule has 190 valence electrons. The lowest BCUT2D eigenvalue weighted by Crippen LogP contribution is -2.63. The summed E-state index contributed by atoms with van der Waals surface area (Å²) in [5.41, 5.74) is -0.195. The largest absolute Gasteiger partial charge is 0.465 e. The quantitative estimate of drug-likeness (QED) is 0.346. The Kier molecular flexibility index (Phi) is 7.39. The zero-order chi connectivity index (χ0) is 24.5. The number of aldehydes is 1. The van der Waals surface area contributed by atoms with Gasteiger partial charge in [-0.3, -0.25) is 14.4 Å². The normalized spacial score (nSPS) is 46.1. The number of fused-ring (bicyclic) bond motifs is 5. The number of ether oxygens (including phenoxy) is 3. The third-order valence-electron chi connectivity index (χ3n) is 10.9. The van der Waals surface area contributed by atoms with Crippen LogP contribution in [0.5, 0.6) is 0 Å². The summed E-state index contributed by atoms with van der Waals surface area (Å²) in [6, 6.07) is 0. The van der Waals surface area contributed by atoms with Crippen LogP contribution < -0.4 is 0 Å². The van der Waals surface area contributed by atoms with Crippen LogP contribution in [-0.4, -0.2) is 44.0 Å². The van der Waals surface area contributed by atoms with E-state index in [1.165, 1.54) is 0 Å². The van der Waals surface area contributed by atoms with Gasteiger partial charge in [-0.1, -0.05) is 20.8 Å². The van der Waals surface area contributed by atoms with Crippen molar-refractivity contribution < 1.29 is 33.4 Å². The Morgan fingerprint density at radius 3 is 2.29 bits per heavy atom. The third kappa shape index (κ3) is 3.97. The molecule has 4 fully saturated rings. The van der Waals surface area contributed by atoms with Crippen molar-refractivity contribution in [1.82, 2.24) is 0 Å². The summed E-state index contributed by atoms with van der Waals surface area (Å²) in [5, 5.41) is 0. The molecule has 4 aliphatic carbocycles. The summed E-state index contributed by atoms with van der Waals surface area (Å²) in [6.45, 7) is 8.59. The highest BCUT2D eigenvalue weighted by atomic mass is 16.5. The van der Waals surface area contributed by atoms with Gasteiger partial charge in [-0.25, -0.2) is 0 Å². The van der Waals surface area contributed by atoms with Gasteiger partial charge in [0.15, 0.2) is 0 Å². The molecule has 0 aromatic rings. The summed E-state index contributed by atoms with van der Waals surface area (Å²) in [6.07, 6.45) is 8.07. The Morgan fingerprint density at radius 2 is 1.62 bits per heavy atom. The lowest BCUT2D eigenvalue weighted by atomic mass is 9.43. The lowest BCUT2D eigenvalue weighted by molar-refractivity contribution is -0.218.